The van der Waals surface area contributed by atoms with Crippen LogP contribution in [0.15, 0.2) is 24.5 Å². The SMILES string of the molecule is COC(=O)c1cc(NC(=O)c2ncn[nH]2)ccc1Cl. The third-order valence-electron chi connectivity index (χ3n) is 2.26. The van der Waals surface area contributed by atoms with Crippen LogP contribution >= 0.6 is 11.6 Å². The van der Waals surface area contributed by atoms with Crippen molar-refractivity contribution >= 4 is 29.2 Å². The van der Waals surface area contributed by atoms with Crippen LogP contribution in [0.1, 0.15) is 21.0 Å². The Morgan fingerprint density at radius 2 is 2.21 bits per heavy atom. The van der Waals surface area contributed by atoms with Gasteiger partial charge in [0.15, 0.2) is 0 Å². The summed E-state index contributed by atoms with van der Waals surface area (Å²) in [5.41, 5.74) is 0.561. The summed E-state index contributed by atoms with van der Waals surface area (Å²) in [6.07, 6.45) is 1.22. The second-order valence-electron chi connectivity index (χ2n) is 3.47. The molecule has 0 radical (unpaired) electrons. The van der Waals surface area contributed by atoms with Gasteiger partial charge in [0, 0.05) is 5.69 Å². The Morgan fingerprint density at radius 3 is 2.84 bits per heavy atom. The van der Waals surface area contributed by atoms with E-state index < -0.39 is 11.9 Å². The first kappa shape index (κ1) is 13.0. The molecule has 1 amide bonds. The van der Waals surface area contributed by atoms with Gasteiger partial charge in [0.1, 0.15) is 6.33 Å². The standard InChI is InChI=1S/C11H9ClN4O3/c1-19-11(18)7-4-6(2-3-8(7)12)15-10(17)9-13-5-14-16-9/h2-5H,1H3,(H,15,17)(H,13,14,16). The smallest absolute Gasteiger partial charge is 0.339 e. The summed E-state index contributed by atoms with van der Waals surface area (Å²) in [6.45, 7) is 0. The maximum atomic E-state index is 11.7. The zero-order valence-electron chi connectivity index (χ0n) is 9.81. The van der Waals surface area contributed by atoms with Crippen LogP contribution in [0, 0.1) is 0 Å². The van der Waals surface area contributed by atoms with Crippen molar-refractivity contribution in [2.75, 3.05) is 12.4 Å². The Morgan fingerprint density at radius 1 is 1.42 bits per heavy atom. The molecule has 0 bridgehead atoms. The summed E-state index contributed by atoms with van der Waals surface area (Å²) >= 11 is 5.86. The first-order valence-electron chi connectivity index (χ1n) is 5.16. The van der Waals surface area contributed by atoms with E-state index in [1.807, 2.05) is 0 Å². The summed E-state index contributed by atoms with van der Waals surface area (Å²) in [5.74, 6) is -0.994. The number of nitrogens with one attached hydrogen (secondary N) is 2. The van der Waals surface area contributed by atoms with E-state index in [1.54, 1.807) is 6.07 Å². The quantitative estimate of drug-likeness (QED) is 0.830. The van der Waals surface area contributed by atoms with Crippen LogP contribution in [0.3, 0.4) is 0 Å². The highest BCUT2D eigenvalue weighted by Crippen LogP contribution is 2.21. The molecule has 0 saturated heterocycles. The molecule has 0 fully saturated rings. The molecule has 2 rings (SSSR count). The number of methoxy groups -OCH3 is 1. The van der Waals surface area contributed by atoms with Crippen LogP contribution in [0.2, 0.25) is 5.02 Å². The van der Waals surface area contributed by atoms with Crippen molar-refractivity contribution in [3.63, 3.8) is 0 Å². The maximum absolute atomic E-state index is 11.7. The van der Waals surface area contributed by atoms with E-state index in [2.05, 4.69) is 25.2 Å². The second kappa shape index (κ2) is 5.49. The van der Waals surface area contributed by atoms with Crippen molar-refractivity contribution in [1.82, 2.24) is 15.2 Å². The lowest BCUT2D eigenvalue weighted by molar-refractivity contribution is 0.0600. The molecule has 0 aliphatic carbocycles. The van der Waals surface area contributed by atoms with Gasteiger partial charge in [-0.1, -0.05) is 11.6 Å². The van der Waals surface area contributed by atoms with Gasteiger partial charge in [0.05, 0.1) is 17.7 Å². The number of carbonyl (C=O) groups is 2. The predicted molar refractivity (Wildman–Crippen MR) is 67.1 cm³/mol. The molecule has 2 N–H and O–H groups in total. The molecule has 1 aromatic heterocycles. The van der Waals surface area contributed by atoms with Gasteiger partial charge in [0.2, 0.25) is 5.82 Å². The minimum Gasteiger partial charge on any atom is -0.465 e. The molecule has 0 atom stereocenters. The fourth-order valence-corrected chi connectivity index (χ4v) is 1.57. The average molecular weight is 281 g/mol. The Labute approximate surface area is 112 Å². The van der Waals surface area contributed by atoms with Crippen LogP contribution < -0.4 is 5.32 Å². The number of amides is 1. The molecular weight excluding hydrogens is 272 g/mol. The van der Waals surface area contributed by atoms with Crippen molar-refractivity contribution in [2.45, 2.75) is 0 Å². The Kier molecular flexibility index (Phi) is 3.76. The Bertz CT molecular complexity index is 612. The number of ether oxygens (including phenoxy) is 1. The van der Waals surface area contributed by atoms with E-state index in [0.29, 0.717) is 5.69 Å². The van der Waals surface area contributed by atoms with Gasteiger partial charge in [-0.3, -0.25) is 9.89 Å². The fraction of sp³-hybridized carbons (Fsp3) is 0.0909. The monoisotopic (exact) mass is 280 g/mol. The molecule has 1 aromatic carbocycles. The number of aromatic amines is 1. The minimum absolute atomic E-state index is 0.0644. The third-order valence-corrected chi connectivity index (χ3v) is 2.59. The van der Waals surface area contributed by atoms with Crippen molar-refractivity contribution in [2.24, 2.45) is 0 Å². The summed E-state index contributed by atoms with van der Waals surface area (Å²) in [7, 11) is 1.25. The second-order valence-corrected chi connectivity index (χ2v) is 3.88. The zero-order chi connectivity index (χ0) is 13.8. The van der Waals surface area contributed by atoms with E-state index in [1.165, 1.54) is 25.6 Å². The normalized spacial score (nSPS) is 10.0. The predicted octanol–water partition coefficient (Wildman–Crippen LogP) is 1.50. The highest BCUT2D eigenvalue weighted by atomic mass is 35.5. The van der Waals surface area contributed by atoms with E-state index in [0.717, 1.165) is 0 Å². The lowest BCUT2D eigenvalue weighted by Crippen LogP contribution is -2.14. The number of hydrogen-bond acceptors (Lipinski definition) is 5. The van der Waals surface area contributed by atoms with Crippen molar-refractivity contribution in [3.05, 3.63) is 40.9 Å². The number of nitrogens with zero attached hydrogens (tertiary/aromatic N) is 2. The number of rotatable bonds is 3. The van der Waals surface area contributed by atoms with E-state index in [4.69, 9.17) is 11.6 Å². The Balaban J connectivity index is 2.22. The molecule has 0 aliphatic heterocycles. The first-order chi connectivity index (χ1) is 9.11. The third kappa shape index (κ3) is 2.89. The largest absolute Gasteiger partial charge is 0.465 e. The van der Waals surface area contributed by atoms with Gasteiger partial charge in [-0.25, -0.2) is 9.78 Å². The van der Waals surface area contributed by atoms with Crippen LogP contribution in [-0.4, -0.2) is 34.2 Å². The number of H-pyrrole nitrogens is 1. The summed E-state index contributed by atoms with van der Waals surface area (Å²) < 4.78 is 4.58. The van der Waals surface area contributed by atoms with Gasteiger partial charge >= 0.3 is 5.97 Å². The molecule has 0 aliphatic rings. The van der Waals surface area contributed by atoms with Crippen molar-refractivity contribution < 1.29 is 14.3 Å². The highest BCUT2D eigenvalue weighted by molar-refractivity contribution is 6.33. The van der Waals surface area contributed by atoms with E-state index in [9.17, 15) is 9.59 Å². The molecule has 2 aromatic rings. The van der Waals surface area contributed by atoms with E-state index >= 15 is 0 Å². The average Bonchev–Trinajstić information content (AvgIpc) is 2.94. The molecule has 7 nitrogen and oxygen atoms in total. The molecule has 0 unspecified atom stereocenters. The Hall–Kier alpha value is -2.41. The number of carbonyl (C=O) groups excluding carboxylic acids is 2. The number of halogens is 1. The first-order valence-corrected chi connectivity index (χ1v) is 5.54. The van der Waals surface area contributed by atoms with Gasteiger partial charge in [-0.2, -0.15) is 5.10 Å². The molecule has 19 heavy (non-hydrogen) atoms. The maximum Gasteiger partial charge on any atom is 0.339 e. The molecule has 1 heterocycles. The fourth-order valence-electron chi connectivity index (χ4n) is 1.37. The van der Waals surface area contributed by atoms with Crippen LogP contribution in [0.4, 0.5) is 5.69 Å². The molecule has 8 heteroatoms. The number of aromatic nitrogens is 3. The number of benzene rings is 1. The lowest BCUT2D eigenvalue weighted by Gasteiger charge is -2.06. The summed E-state index contributed by atoms with van der Waals surface area (Å²) in [4.78, 5) is 26.9. The van der Waals surface area contributed by atoms with Crippen molar-refractivity contribution in [1.29, 1.82) is 0 Å². The van der Waals surface area contributed by atoms with Gasteiger partial charge < -0.3 is 10.1 Å². The molecule has 0 spiro atoms. The summed E-state index contributed by atoms with van der Waals surface area (Å²) in [5, 5.41) is 8.78. The number of anilines is 1. The lowest BCUT2D eigenvalue weighted by atomic mass is 10.2. The van der Waals surface area contributed by atoms with E-state index in [-0.39, 0.29) is 16.4 Å². The van der Waals surface area contributed by atoms with Gasteiger partial charge in [-0.05, 0) is 18.2 Å². The molecular formula is C11H9ClN4O3. The zero-order valence-corrected chi connectivity index (χ0v) is 10.6. The van der Waals surface area contributed by atoms with Gasteiger partial charge in [-0.15, -0.1) is 0 Å². The highest BCUT2D eigenvalue weighted by Gasteiger charge is 2.14. The topological polar surface area (TPSA) is 97.0 Å². The van der Waals surface area contributed by atoms with Crippen LogP contribution in [0.25, 0.3) is 0 Å². The van der Waals surface area contributed by atoms with Gasteiger partial charge in [0.25, 0.3) is 5.91 Å². The van der Waals surface area contributed by atoms with Crippen LogP contribution in [-0.2, 0) is 4.74 Å². The minimum atomic E-state index is -0.583. The molecule has 98 valence electrons. The molecule has 0 saturated carbocycles. The van der Waals surface area contributed by atoms with Crippen molar-refractivity contribution in [3.8, 4) is 0 Å². The number of esters is 1. The summed E-state index contributed by atoms with van der Waals surface area (Å²) in [6, 6.07) is 4.47. The number of hydrogen-bond donors (Lipinski definition) is 2. The van der Waals surface area contributed by atoms with Crippen LogP contribution in [0.5, 0.6) is 0 Å².